The molecule has 5 aromatic rings. The summed E-state index contributed by atoms with van der Waals surface area (Å²) in [6, 6.07) is 34.7. The van der Waals surface area contributed by atoms with Gasteiger partial charge in [-0.2, -0.15) is 0 Å². The van der Waals surface area contributed by atoms with Gasteiger partial charge in [-0.3, -0.25) is 9.69 Å². The minimum Gasteiger partial charge on any atom is -0.465 e. The average Bonchev–Trinajstić information content (AvgIpc) is 3.63. The smallest absolute Gasteiger partial charge is 0.408 e. The maximum atomic E-state index is 14.1. The maximum absolute atomic E-state index is 14.1. The number of anilines is 1. The van der Waals surface area contributed by atoms with E-state index in [9.17, 15) is 19.5 Å². The first-order valence-electron chi connectivity index (χ1n) is 16.8. The van der Waals surface area contributed by atoms with Crippen LogP contribution in [0.4, 0.5) is 15.3 Å². The second-order valence-corrected chi connectivity index (χ2v) is 12.3. The minimum absolute atomic E-state index is 0.152. The predicted octanol–water partition coefficient (Wildman–Crippen LogP) is 5.87. The highest BCUT2D eigenvalue weighted by molar-refractivity contribution is 5.98. The van der Waals surface area contributed by atoms with Gasteiger partial charge in [-0.25, -0.2) is 14.3 Å². The summed E-state index contributed by atoms with van der Waals surface area (Å²) in [4.78, 5) is 40.6. The van der Waals surface area contributed by atoms with Gasteiger partial charge in [0, 0.05) is 11.6 Å². The average molecular weight is 689 g/mol. The highest BCUT2D eigenvalue weighted by Crippen LogP contribution is 2.31. The zero-order valence-corrected chi connectivity index (χ0v) is 28.2. The summed E-state index contributed by atoms with van der Waals surface area (Å²) in [5, 5.41) is 24.3. The lowest BCUT2D eigenvalue weighted by Crippen LogP contribution is -2.48. The number of carbonyl (C=O) groups excluding carboxylic acids is 2. The fourth-order valence-electron chi connectivity index (χ4n) is 6.52. The lowest BCUT2D eigenvalue weighted by atomic mass is 9.84. The lowest BCUT2D eigenvalue weighted by molar-refractivity contribution is -0.118. The monoisotopic (exact) mass is 688 g/mol. The fourth-order valence-corrected chi connectivity index (χ4v) is 6.52. The molecule has 1 aliphatic rings. The van der Waals surface area contributed by atoms with Gasteiger partial charge in [0.25, 0.3) is 0 Å². The van der Waals surface area contributed by atoms with Crippen LogP contribution in [0.15, 0.2) is 121 Å². The quantitative estimate of drug-likeness (QED) is 0.147. The van der Waals surface area contributed by atoms with Gasteiger partial charge in [0.15, 0.2) is 0 Å². The molecular formula is C39H40N6O6. The van der Waals surface area contributed by atoms with E-state index in [1.807, 2.05) is 115 Å². The van der Waals surface area contributed by atoms with Crippen molar-refractivity contribution in [3.63, 3.8) is 0 Å². The van der Waals surface area contributed by atoms with Crippen LogP contribution in [0.25, 0.3) is 0 Å². The first kappa shape index (κ1) is 34.8. The molecule has 0 bridgehead atoms. The van der Waals surface area contributed by atoms with Crippen LogP contribution in [0.1, 0.15) is 46.3 Å². The third-order valence-electron chi connectivity index (χ3n) is 9.08. The number of hydrogen-bond acceptors (Lipinski definition) is 7. The minimum atomic E-state index is -1.05. The van der Waals surface area contributed by atoms with Gasteiger partial charge in [-0.05, 0) is 41.2 Å². The Morgan fingerprint density at radius 2 is 1.53 bits per heavy atom. The summed E-state index contributed by atoms with van der Waals surface area (Å²) >= 11 is 0. The summed E-state index contributed by atoms with van der Waals surface area (Å²) in [6.45, 7) is 0.768. The molecule has 0 aliphatic carbocycles. The van der Waals surface area contributed by atoms with E-state index in [2.05, 4.69) is 20.9 Å². The summed E-state index contributed by atoms with van der Waals surface area (Å²) in [5.74, 6) is -0.927. The molecule has 3 N–H and O–H groups in total. The van der Waals surface area contributed by atoms with Crippen molar-refractivity contribution in [1.82, 2.24) is 25.2 Å². The van der Waals surface area contributed by atoms with Crippen LogP contribution in [0.3, 0.4) is 0 Å². The molecule has 6 rings (SSSR count). The van der Waals surface area contributed by atoms with Crippen molar-refractivity contribution in [1.29, 1.82) is 0 Å². The standard InChI is InChI=1S/C39H40N6O6/c1-50-38(47)42-36(35(29-16-7-3-8-17-29)30-18-9-4-10-19-30)37(46)41-32-20-12-11-15-28(32)21-22-31-25-44(39(48)49)34(26-51-31)33-23-40-43-45(33)24-27-13-5-2-6-14-27/h2-20,23,31,34-36H,21-22,24-26H2,1H3,(H,41,46)(H,42,47)(H,48,49)/t31-,34+,36+/m1/s1. The SMILES string of the molecule is COC(=O)N[C@H](C(=O)Nc1ccccc1CC[C@@H]1CN(C(=O)O)[C@H](c2cnnn2Cc2ccccc2)CO1)C(c1ccccc1)c1ccccc1. The Bertz CT molecular complexity index is 1870. The van der Waals surface area contributed by atoms with Crippen molar-refractivity contribution in [3.8, 4) is 0 Å². The number of methoxy groups -OCH3 is 1. The van der Waals surface area contributed by atoms with E-state index in [0.717, 1.165) is 22.3 Å². The number of aryl methyl sites for hydroxylation is 1. The molecule has 1 fully saturated rings. The Morgan fingerprint density at radius 3 is 2.18 bits per heavy atom. The van der Waals surface area contributed by atoms with E-state index in [4.69, 9.17) is 9.47 Å². The molecule has 0 radical (unpaired) electrons. The number of para-hydroxylation sites is 1. The Labute approximate surface area is 296 Å². The largest absolute Gasteiger partial charge is 0.465 e. The topological polar surface area (TPSA) is 148 Å². The number of nitrogens with one attached hydrogen (secondary N) is 2. The Kier molecular flexibility index (Phi) is 11.3. The van der Waals surface area contributed by atoms with Crippen molar-refractivity contribution in [2.45, 2.75) is 43.5 Å². The van der Waals surface area contributed by atoms with Crippen LogP contribution < -0.4 is 10.6 Å². The third kappa shape index (κ3) is 8.60. The number of ether oxygens (including phenoxy) is 2. The zero-order chi connectivity index (χ0) is 35.6. The Hall–Kier alpha value is -6.01. The van der Waals surface area contributed by atoms with Crippen molar-refractivity contribution < 1.29 is 29.0 Å². The van der Waals surface area contributed by atoms with Crippen molar-refractivity contribution in [2.75, 3.05) is 25.6 Å². The van der Waals surface area contributed by atoms with E-state index in [-0.39, 0.29) is 19.3 Å². The summed E-state index contributed by atoms with van der Waals surface area (Å²) in [6.07, 6.45) is 0.440. The number of hydrogen-bond donors (Lipinski definition) is 3. The normalized spacial score (nSPS) is 16.3. The van der Waals surface area contributed by atoms with Crippen molar-refractivity contribution in [2.24, 2.45) is 0 Å². The third-order valence-corrected chi connectivity index (χ3v) is 9.08. The predicted molar refractivity (Wildman–Crippen MR) is 190 cm³/mol. The molecule has 4 aromatic carbocycles. The van der Waals surface area contributed by atoms with Crippen LogP contribution in [0.5, 0.6) is 0 Å². The number of alkyl carbamates (subject to hydrolysis) is 1. The number of carboxylic acid groups (broad SMARTS) is 1. The number of amides is 3. The van der Waals surface area contributed by atoms with E-state index in [0.29, 0.717) is 30.8 Å². The number of aromatic nitrogens is 3. The van der Waals surface area contributed by atoms with Gasteiger partial charge in [0.2, 0.25) is 5.91 Å². The molecule has 2 heterocycles. The molecule has 262 valence electrons. The number of carbonyl (C=O) groups is 3. The maximum Gasteiger partial charge on any atom is 0.408 e. The highest BCUT2D eigenvalue weighted by atomic mass is 16.5. The molecule has 0 saturated carbocycles. The molecule has 12 heteroatoms. The fraction of sp³-hybridized carbons (Fsp3) is 0.256. The highest BCUT2D eigenvalue weighted by Gasteiger charge is 2.36. The zero-order valence-electron chi connectivity index (χ0n) is 28.2. The van der Waals surface area contributed by atoms with Crippen LogP contribution in [-0.2, 0) is 27.2 Å². The number of morpholine rings is 1. The van der Waals surface area contributed by atoms with Crippen LogP contribution >= 0.6 is 0 Å². The second-order valence-electron chi connectivity index (χ2n) is 12.3. The molecule has 0 unspecified atom stereocenters. The van der Waals surface area contributed by atoms with Gasteiger partial charge in [-0.15, -0.1) is 5.10 Å². The molecule has 3 amide bonds. The molecule has 1 aromatic heterocycles. The summed E-state index contributed by atoms with van der Waals surface area (Å²) in [5.41, 5.74) is 4.81. The van der Waals surface area contributed by atoms with Gasteiger partial charge < -0.3 is 25.2 Å². The van der Waals surface area contributed by atoms with Crippen molar-refractivity contribution in [3.05, 3.63) is 149 Å². The van der Waals surface area contributed by atoms with Crippen LogP contribution in [0, 0.1) is 0 Å². The van der Waals surface area contributed by atoms with Crippen LogP contribution in [-0.4, -0.2) is 75.5 Å². The molecule has 3 atom stereocenters. The molecule has 0 spiro atoms. The second kappa shape index (κ2) is 16.6. The van der Waals surface area contributed by atoms with Crippen LogP contribution in [0.2, 0.25) is 0 Å². The molecule has 1 aliphatic heterocycles. The Morgan fingerprint density at radius 1 is 0.902 bits per heavy atom. The van der Waals surface area contributed by atoms with E-state index in [1.54, 1.807) is 10.9 Å². The molecule has 51 heavy (non-hydrogen) atoms. The summed E-state index contributed by atoms with van der Waals surface area (Å²) in [7, 11) is 1.26. The molecule has 12 nitrogen and oxygen atoms in total. The van der Waals surface area contributed by atoms with Crippen molar-refractivity contribution >= 4 is 23.8 Å². The number of nitrogens with zero attached hydrogens (tertiary/aromatic N) is 4. The first-order valence-corrected chi connectivity index (χ1v) is 16.8. The van der Waals surface area contributed by atoms with Gasteiger partial charge in [-0.1, -0.05) is 114 Å². The summed E-state index contributed by atoms with van der Waals surface area (Å²) < 4.78 is 12.9. The van der Waals surface area contributed by atoms with E-state index in [1.165, 1.54) is 12.0 Å². The number of rotatable bonds is 12. The Balaban J connectivity index is 1.16. The first-order chi connectivity index (χ1) is 24.9. The van der Waals surface area contributed by atoms with Gasteiger partial charge in [0.1, 0.15) is 12.1 Å². The number of benzene rings is 4. The van der Waals surface area contributed by atoms with E-state index < -0.39 is 36.1 Å². The lowest BCUT2D eigenvalue weighted by Gasteiger charge is -2.38. The molecule has 1 saturated heterocycles. The van der Waals surface area contributed by atoms with Gasteiger partial charge in [0.05, 0.1) is 44.8 Å². The molecular weight excluding hydrogens is 648 g/mol. The van der Waals surface area contributed by atoms with Gasteiger partial charge >= 0.3 is 12.2 Å². The van der Waals surface area contributed by atoms with E-state index >= 15 is 0 Å².